The molecule has 0 aliphatic heterocycles. The lowest BCUT2D eigenvalue weighted by Gasteiger charge is -2.23. The van der Waals surface area contributed by atoms with Crippen LogP contribution in [0.3, 0.4) is 0 Å². The average Bonchev–Trinajstić information content (AvgIpc) is 2.31. The molecule has 7 nitrogen and oxygen atoms in total. The van der Waals surface area contributed by atoms with Crippen LogP contribution in [0.2, 0.25) is 0 Å². The Labute approximate surface area is 106 Å². The Balaban J connectivity index is 4.26. The molecule has 0 rings (SSSR count). The lowest BCUT2D eigenvalue weighted by Crippen LogP contribution is -2.50. The number of hydrogen-bond donors (Lipinski definition) is 4. The van der Waals surface area contributed by atoms with Crippen molar-refractivity contribution in [2.75, 3.05) is 13.6 Å². The molecule has 0 saturated carbocycles. The predicted octanol–water partition coefficient (Wildman–Crippen LogP) is -0.0790. The van der Waals surface area contributed by atoms with Crippen molar-refractivity contribution in [2.24, 2.45) is 5.41 Å². The van der Waals surface area contributed by atoms with E-state index in [2.05, 4.69) is 16.0 Å². The van der Waals surface area contributed by atoms with Gasteiger partial charge in [0.1, 0.15) is 6.04 Å². The third kappa shape index (κ3) is 5.03. The highest BCUT2D eigenvalue weighted by molar-refractivity contribution is 5.84. The Kier molecular flexibility index (Phi) is 6.15. The van der Waals surface area contributed by atoms with Crippen LogP contribution in [0.15, 0.2) is 0 Å². The van der Waals surface area contributed by atoms with Gasteiger partial charge >= 0.3 is 12.0 Å². The highest BCUT2D eigenvalue weighted by atomic mass is 16.4. The van der Waals surface area contributed by atoms with E-state index in [1.54, 1.807) is 20.8 Å². The largest absolute Gasteiger partial charge is 0.480 e. The summed E-state index contributed by atoms with van der Waals surface area (Å²) in [6, 6.07) is -1.52. The van der Waals surface area contributed by atoms with Crippen LogP contribution in [0.5, 0.6) is 0 Å². The van der Waals surface area contributed by atoms with Gasteiger partial charge < -0.3 is 21.1 Å². The maximum Gasteiger partial charge on any atom is 0.326 e. The van der Waals surface area contributed by atoms with E-state index in [-0.39, 0.29) is 12.5 Å². The zero-order valence-corrected chi connectivity index (χ0v) is 11.2. The van der Waals surface area contributed by atoms with Crippen LogP contribution in [-0.4, -0.2) is 42.6 Å². The zero-order chi connectivity index (χ0) is 14.3. The number of carbonyl (C=O) groups excluding carboxylic acids is 2. The summed E-state index contributed by atoms with van der Waals surface area (Å²) in [5, 5.41) is 16.1. The van der Waals surface area contributed by atoms with Gasteiger partial charge in [-0.2, -0.15) is 0 Å². The van der Waals surface area contributed by atoms with Gasteiger partial charge in [-0.25, -0.2) is 9.59 Å². The van der Waals surface area contributed by atoms with Crippen molar-refractivity contribution < 1.29 is 19.5 Å². The summed E-state index contributed by atoms with van der Waals surface area (Å²) in [5.74, 6) is -1.29. The monoisotopic (exact) mass is 259 g/mol. The molecule has 0 unspecified atom stereocenters. The Bertz CT molecular complexity index is 328. The Morgan fingerprint density at radius 2 is 1.83 bits per heavy atom. The molecular weight excluding hydrogens is 238 g/mol. The quantitative estimate of drug-likeness (QED) is 0.535. The SMILES string of the molecule is CC[C@H](NC(=O)NCC(C)(C)C(=O)NC)C(=O)O. The molecule has 0 radical (unpaired) electrons. The van der Waals surface area contributed by atoms with Gasteiger partial charge in [0.15, 0.2) is 0 Å². The highest BCUT2D eigenvalue weighted by Crippen LogP contribution is 2.12. The molecule has 0 spiro atoms. The second-order valence-electron chi connectivity index (χ2n) is 4.59. The fourth-order valence-corrected chi connectivity index (χ4v) is 1.27. The van der Waals surface area contributed by atoms with E-state index in [0.717, 1.165) is 0 Å². The Morgan fingerprint density at radius 1 is 1.28 bits per heavy atom. The number of amides is 3. The summed E-state index contributed by atoms with van der Waals surface area (Å²) >= 11 is 0. The van der Waals surface area contributed by atoms with Crippen LogP contribution < -0.4 is 16.0 Å². The molecule has 0 aromatic heterocycles. The number of aliphatic carboxylic acids is 1. The molecule has 0 saturated heterocycles. The van der Waals surface area contributed by atoms with E-state index < -0.39 is 23.5 Å². The van der Waals surface area contributed by atoms with Gasteiger partial charge in [0.25, 0.3) is 0 Å². The minimum Gasteiger partial charge on any atom is -0.480 e. The molecular formula is C11H21N3O4. The second-order valence-corrected chi connectivity index (χ2v) is 4.59. The van der Waals surface area contributed by atoms with E-state index in [0.29, 0.717) is 6.42 Å². The third-order valence-electron chi connectivity index (χ3n) is 2.54. The summed E-state index contributed by atoms with van der Waals surface area (Å²) in [4.78, 5) is 33.6. The summed E-state index contributed by atoms with van der Waals surface area (Å²) in [5.41, 5.74) is -0.753. The van der Waals surface area contributed by atoms with Crippen molar-refractivity contribution in [3.05, 3.63) is 0 Å². The van der Waals surface area contributed by atoms with Gasteiger partial charge in [0, 0.05) is 13.6 Å². The van der Waals surface area contributed by atoms with Gasteiger partial charge in [-0.3, -0.25) is 4.79 Å². The van der Waals surface area contributed by atoms with Crippen molar-refractivity contribution in [3.8, 4) is 0 Å². The first-order valence-electron chi connectivity index (χ1n) is 5.74. The van der Waals surface area contributed by atoms with Crippen LogP contribution in [0, 0.1) is 5.41 Å². The van der Waals surface area contributed by atoms with Gasteiger partial charge in [-0.1, -0.05) is 6.92 Å². The van der Waals surface area contributed by atoms with E-state index in [9.17, 15) is 14.4 Å². The first-order chi connectivity index (χ1) is 8.24. The first-order valence-corrected chi connectivity index (χ1v) is 5.74. The molecule has 0 aromatic carbocycles. The van der Waals surface area contributed by atoms with E-state index >= 15 is 0 Å². The van der Waals surface area contributed by atoms with Gasteiger partial charge in [-0.05, 0) is 20.3 Å². The molecule has 0 aliphatic carbocycles. The van der Waals surface area contributed by atoms with Gasteiger partial charge in [0.05, 0.1) is 5.41 Å². The maximum absolute atomic E-state index is 11.5. The molecule has 0 aliphatic rings. The minimum absolute atomic E-state index is 0.120. The molecule has 18 heavy (non-hydrogen) atoms. The Hall–Kier alpha value is -1.79. The van der Waals surface area contributed by atoms with Crippen molar-refractivity contribution in [2.45, 2.75) is 33.2 Å². The van der Waals surface area contributed by atoms with Crippen molar-refractivity contribution >= 4 is 17.9 Å². The van der Waals surface area contributed by atoms with E-state index in [4.69, 9.17) is 5.11 Å². The van der Waals surface area contributed by atoms with E-state index in [1.807, 2.05) is 0 Å². The molecule has 1 atom stereocenters. The molecule has 3 amide bonds. The van der Waals surface area contributed by atoms with Crippen LogP contribution >= 0.6 is 0 Å². The van der Waals surface area contributed by atoms with Gasteiger partial charge in [-0.15, -0.1) is 0 Å². The van der Waals surface area contributed by atoms with Crippen LogP contribution in [-0.2, 0) is 9.59 Å². The number of urea groups is 1. The fraction of sp³-hybridized carbons (Fsp3) is 0.727. The van der Waals surface area contributed by atoms with Crippen molar-refractivity contribution in [3.63, 3.8) is 0 Å². The number of hydrogen-bond acceptors (Lipinski definition) is 3. The number of nitrogens with one attached hydrogen (secondary N) is 3. The topological polar surface area (TPSA) is 108 Å². The third-order valence-corrected chi connectivity index (χ3v) is 2.54. The summed E-state index contributed by atoms with van der Waals surface area (Å²) in [6.45, 7) is 5.14. The lowest BCUT2D eigenvalue weighted by molar-refractivity contribution is -0.139. The molecule has 0 bridgehead atoms. The van der Waals surface area contributed by atoms with Crippen LogP contribution in [0.25, 0.3) is 0 Å². The standard InChI is InChI=1S/C11H21N3O4/c1-5-7(8(15)16)14-10(18)13-6-11(2,3)9(17)12-4/h7H,5-6H2,1-4H3,(H,12,17)(H,15,16)(H2,13,14,18)/t7-/m0/s1. The summed E-state index contributed by atoms with van der Waals surface area (Å²) < 4.78 is 0. The lowest BCUT2D eigenvalue weighted by atomic mass is 9.92. The maximum atomic E-state index is 11.5. The number of rotatable bonds is 6. The predicted molar refractivity (Wildman–Crippen MR) is 66.1 cm³/mol. The zero-order valence-electron chi connectivity index (χ0n) is 11.2. The van der Waals surface area contributed by atoms with Crippen molar-refractivity contribution in [1.29, 1.82) is 0 Å². The van der Waals surface area contributed by atoms with Crippen LogP contribution in [0.4, 0.5) is 4.79 Å². The smallest absolute Gasteiger partial charge is 0.326 e. The Morgan fingerprint density at radius 3 is 2.22 bits per heavy atom. The highest BCUT2D eigenvalue weighted by Gasteiger charge is 2.27. The summed E-state index contributed by atoms with van der Waals surface area (Å²) in [7, 11) is 1.52. The minimum atomic E-state index is -1.08. The molecule has 4 N–H and O–H groups in total. The van der Waals surface area contributed by atoms with Crippen LogP contribution in [0.1, 0.15) is 27.2 Å². The van der Waals surface area contributed by atoms with Crippen molar-refractivity contribution in [1.82, 2.24) is 16.0 Å². The molecule has 104 valence electrons. The summed E-state index contributed by atoms with van der Waals surface area (Å²) in [6.07, 6.45) is 0.293. The number of carboxylic acids is 1. The normalized spacial score (nSPS) is 12.4. The first kappa shape index (κ1) is 16.2. The number of carboxylic acid groups (broad SMARTS) is 1. The fourth-order valence-electron chi connectivity index (χ4n) is 1.27. The average molecular weight is 259 g/mol. The molecule has 7 heteroatoms. The second kappa shape index (κ2) is 6.83. The molecule has 0 fully saturated rings. The van der Waals surface area contributed by atoms with Gasteiger partial charge in [0.2, 0.25) is 5.91 Å². The molecule has 0 aromatic rings. The van der Waals surface area contributed by atoms with E-state index in [1.165, 1.54) is 7.05 Å². The number of carbonyl (C=O) groups is 3. The molecule has 0 heterocycles.